The number of hydrogen-bond donors (Lipinski definition) is 1. The number of pyridine rings is 1. The van der Waals surface area contributed by atoms with Crippen molar-refractivity contribution in [1.29, 1.82) is 0 Å². The Kier molecular flexibility index (Phi) is 4.07. The molecule has 1 aromatic rings. The van der Waals surface area contributed by atoms with E-state index in [1.165, 1.54) is 0 Å². The summed E-state index contributed by atoms with van der Waals surface area (Å²) >= 11 is 6.08. The zero-order valence-electron chi connectivity index (χ0n) is 9.91. The number of methoxy groups -OCH3 is 1. The molecular weight excluding hydrogens is 240 g/mol. The highest BCUT2D eigenvalue weighted by atomic mass is 35.5. The number of halogens is 1. The van der Waals surface area contributed by atoms with Gasteiger partial charge in [0.25, 0.3) is 0 Å². The Morgan fingerprint density at radius 2 is 2.24 bits per heavy atom. The second-order valence-electron chi connectivity index (χ2n) is 4.22. The van der Waals surface area contributed by atoms with E-state index in [0.29, 0.717) is 11.8 Å². The summed E-state index contributed by atoms with van der Waals surface area (Å²) in [6.45, 7) is 1.48. The lowest BCUT2D eigenvalue weighted by Gasteiger charge is -2.36. The molecule has 1 aromatic heterocycles. The van der Waals surface area contributed by atoms with Crippen molar-refractivity contribution in [3.8, 4) is 5.88 Å². The van der Waals surface area contributed by atoms with Crippen molar-refractivity contribution < 1.29 is 9.47 Å². The standard InChI is InChI=1S/C12H17ClN2O2/c1-16-11-4-2-3-10(14-11)15-12(9-13)5-7-17-8-6-12/h2-4H,5-9H2,1H3,(H,14,15). The van der Waals surface area contributed by atoms with Crippen LogP contribution in [0, 0.1) is 0 Å². The zero-order chi connectivity index (χ0) is 12.1. The molecule has 1 aliphatic rings. The Hall–Kier alpha value is -1.00. The molecule has 1 aliphatic heterocycles. The van der Waals surface area contributed by atoms with Gasteiger partial charge in [0.15, 0.2) is 0 Å². The Bertz CT molecular complexity index is 367. The molecule has 0 unspecified atom stereocenters. The molecule has 4 nitrogen and oxygen atoms in total. The topological polar surface area (TPSA) is 43.4 Å². The summed E-state index contributed by atoms with van der Waals surface area (Å²) in [6, 6.07) is 5.66. The molecule has 0 bridgehead atoms. The SMILES string of the molecule is COc1cccc(NC2(CCl)CCOCC2)n1. The normalized spacial score (nSPS) is 18.7. The lowest BCUT2D eigenvalue weighted by Crippen LogP contribution is -2.45. The third-order valence-corrected chi connectivity index (χ3v) is 3.54. The lowest BCUT2D eigenvalue weighted by atomic mass is 9.92. The summed E-state index contributed by atoms with van der Waals surface area (Å²) in [6.07, 6.45) is 1.80. The number of hydrogen-bond acceptors (Lipinski definition) is 4. The van der Waals surface area contributed by atoms with E-state index < -0.39 is 0 Å². The highest BCUT2D eigenvalue weighted by molar-refractivity contribution is 6.18. The van der Waals surface area contributed by atoms with Gasteiger partial charge in [0.1, 0.15) is 5.82 Å². The molecule has 0 radical (unpaired) electrons. The number of nitrogens with one attached hydrogen (secondary N) is 1. The smallest absolute Gasteiger partial charge is 0.214 e. The van der Waals surface area contributed by atoms with Crippen molar-refractivity contribution in [3.05, 3.63) is 18.2 Å². The molecule has 2 heterocycles. The van der Waals surface area contributed by atoms with Crippen LogP contribution in [0.1, 0.15) is 12.8 Å². The molecule has 17 heavy (non-hydrogen) atoms. The summed E-state index contributed by atoms with van der Waals surface area (Å²) in [4.78, 5) is 4.35. The molecule has 5 heteroatoms. The van der Waals surface area contributed by atoms with E-state index in [2.05, 4.69) is 10.3 Å². The maximum absolute atomic E-state index is 6.08. The third-order valence-electron chi connectivity index (χ3n) is 3.03. The highest BCUT2D eigenvalue weighted by Crippen LogP contribution is 2.27. The summed E-state index contributed by atoms with van der Waals surface area (Å²) in [5.41, 5.74) is -0.112. The van der Waals surface area contributed by atoms with Gasteiger partial charge in [0.05, 0.1) is 12.6 Å². The zero-order valence-corrected chi connectivity index (χ0v) is 10.7. The number of aromatic nitrogens is 1. The molecule has 0 spiro atoms. The summed E-state index contributed by atoms with van der Waals surface area (Å²) in [5, 5.41) is 3.42. The minimum absolute atomic E-state index is 0.112. The average molecular weight is 257 g/mol. The molecular formula is C12H17ClN2O2. The van der Waals surface area contributed by atoms with Gasteiger partial charge in [-0.3, -0.25) is 0 Å². The Labute approximate surface area is 106 Å². The van der Waals surface area contributed by atoms with Gasteiger partial charge in [-0.1, -0.05) is 6.07 Å². The predicted octanol–water partition coefficient (Wildman–Crippen LogP) is 2.29. The van der Waals surface area contributed by atoms with Crippen LogP contribution in [0.15, 0.2) is 18.2 Å². The molecule has 2 rings (SSSR count). The van der Waals surface area contributed by atoms with Crippen molar-refractivity contribution in [2.45, 2.75) is 18.4 Å². The van der Waals surface area contributed by atoms with Crippen LogP contribution in [0.3, 0.4) is 0 Å². The predicted molar refractivity (Wildman–Crippen MR) is 67.9 cm³/mol. The van der Waals surface area contributed by atoms with Gasteiger partial charge in [-0.15, -0.1) is 11.6 Å². The maximum Gasteiger partial charge on any atom is 0.214 e. The molecule has 1 N–H and O–H groups in total. The lowest BCUT2D eigenvalue weighted by molar-refractivity contribution is 0.0666. The van der Waals surface area contributed by atoms with Crippen LogP contribution in [0.4, 0.5) is 5.82 Å². The molecule has 0 amide bonds. The summed E-state index contributed by atoms with van der Waals surface area (Å²) in [5.74, 6) is 1.95. The largest absolute Gasteiger partial charge is 0.481 e. The van der Waals surface area contributed by atoms with Crippen molar-refractivity contribution in [2.24, 2.45) is 0 Å². The number of nitrogens with zero attached hydrogens (tertiary/aromatic N) is 1. The minimum atomic E-state index is -0.112. The fraction of sp³-hybridized carbons (Fsp3) is 0.583. The van der Waals surface area contributed by atoms with Gasteiger partial charge in [-0.05, 0) is 18.9 Å². The van der Waals surface area contributed by atoms with Gasteiger partial charge in [-0.25, -0.2) is 0 Å². The Morgan fingerprint density at radius 3 is 2.88 bits per heavy atom. The second-order valence-corrected chi connectivity index (χ2v) is 4.48. The molecule has 94 valence electrons. The molecule has 0 aliphatic carbocycles. The monoisotopic (exact) mass is 256 g/mol. The minimum Gasteiger partial charge on any atom is -0.481 e. The van der Waals surface area contributed by atoms with Crippen LogP contribution in [0.5, 0.6) is 5.88 Å². The van der Waals surface area contributed by atoms with Crippen LogP contribution in [-0.2, 0) is 4.74 Å². The van der Waals surface area contributed by atoms with E-state index in [9.17, 15) is 0 Å². The van der Waals surface area contributed by atoms with Gasteiger partial charge >= 0.3 is 0 Å². The first-order valence-electron chi connectivity index (χ1n) is 5.71. The highest BCUT2D eigenvalue weighted by Gasteiger charge is 2.31. The van der Waals surface area contributed by atoms with Crippen LogP contribution in [-0.4, -0.2) is 36.7 Å². The fourth-order valence-electron chi connectivity index (χ4n) is 1.92. The van der Waals surface area contributed by atoms with E-state index >= 15 is 0 Å². The van der Waals surface area contributed by atoms with Crippen LogP contribution < -0.4 is 10.1 Å². The third kappa shape index (κ3) is 3.01. The number of alkyl halides is 1. The second kappa shape index (κ2) is 5.56. The first-order valence-corrected chi connectivity index (χ1v) is 6.24. The molecule has 0 saturated carbocycles. The average Bonchev–Trinajstić information content (AvgIpc) is 2.40. The molecule has 0 aromatic carbocycles. The Morgan fingerprint density at radius 1 is 1.47 bits per heavy atom. The van der Waals surface area contributed by atoms with E-state index in [1.54, 1.807) is 7.11 Å². The number of anilines is 1. The van der Waals surface area contributed by atoms with Crippen molar-refractivity contribution >= 4 is 17.4 Å². The van der Waals surface area contributed by atoms with E-state index in [-0.39, 0.29) is 5.54 Å². The van der Waals surface area contributed by atoms with Gasteiger partial charge in [0.2, 0.25) is 5.88 Å². The van der Waals surface area contributed by atoms with E-state index in [0.717, 1.165) is 31.9 Å². The number of rotatable bonds is 4. The van der Waals surface area contributed by atoms with Crippen LogP contribution in [0.25, 0.3) is 0 Å². The Balaban J connectivity index is 2.11. The van der Waals surface area contributed by atoms with Gasteiger partial charge in [0, 0.05) is 25.2 Å². The first-order chi connectivity index (χ1) is 8.28. The van der Waals surface area contributed by atoms with Crippen LogP contribution in [0.2, 0.25) is 0 Å². The van der Waals surface area contributed by atoms with Crippen molar-refractivity contribution in [3.63, 3.8) is 0 Å². The molecule has 1 fully saturated rings. The van der Waals surface area contributed by atoms with E-state index in [1.807, 2.05) is 18.2 Å². The first kappa shape index (κ1) is 12.5. The fourth-order valence-corrected chi connectivity index (χ4v) is 2.26. The van der Waals surface area contributed by atoms with Gasteiger partial charge < -0.3 is 14.8 Å². The quantitative estimate of drug-likeness (QED) is 0.840. The van der Waals surface area contributed by atoms with Crippen molar-refractivity contribution in [1.82, 2.24) is 4.98 Å². The van der Waals surface area contributed by atoms with Crippen molar-refractivity contribution in [2.75, 3.05) is 31.5 Å². The van der Waals surface area contributed by atoms with Crippen LogP contribution >= 0.6 is 11.6 Å². The summed E-state index contributed by atoms with van der Waals surface area (Å²) < 4.78 is 10.5. The molecule has 0 atom stereocenters. The molecule has 1 saturated heterocycles. The number of ether oxygens (including phenoxy) is 2. The maximum atomic E-state index is 6.08. The summed E-state index contributed by atoms with van der Waals surface area (Å²) in [7, 11) is 1.61. The van der Waals surface area contributed by atoms with Gasteiger partial charge in [-0.2, -0.15) is 4.98 Å². The van der Waals surface area contributed by atoms with E-state index in [4.69, 9.17) is 21.1 Å².